The van der Waals surface area contributed by atoms with Crippen LogP contribution in [0.1, 0.15) is 0 Å². The van der Waals surface area contributed by atoms with Crippen LogP contribution in [-0.4, -0.2) is 25.2 Å². The molecule has 0 unspecified atom stereocenters. The van der Waals surface area contributed by atoms with Gasteiger partial charge in [0.1, 0.15) is 11.5 Å². The highest BCUT2D eigenvalue weighted by atomic mass is 16.3. The molecule has 1 heterocycles. The number of aromatic nitrogens is 3. The molecule has 0 aliphatic carbocycles. The Morgan fingerprint density at radius 2 is 1.52 bits per heavy atom. The number of aromatic amines is 1. The minimum atomic E-state index is -0.645. The lowest BCUT2D eigenvalue weighted by Crippen LogP contribution is -2.16. The van der Waals surface area contributed by atoms with Crippen molar-refractivity contribution >= 4 is 34.6 Å². The minimum absolute atomic E-state index is 0.0552. The van der Waals surface area contributed by atoms with E-state index in [4.69, 9.17) is 0 Å². The molecule has 0 aliphatic heterocycles. The van der Waals surface area contributed by atoms with Crippen molar-refractivity contribution in [3.8, 4) is 11.5 Å². The van der Waals surface area contributed by atoms with Gasteiger partial charge in [-0.05, 0) is 48.5 Å². The molecular weight excluding hydrogens is 398 g/mol. The van der Waals surface area contributed by atoms with Crippen LogP contribution in [0.2, 0.25) is 0 Å². The van der Waals surface area contributed by atoms with E-state index in [0.29, 0.717) is 11.4 Å². The van der Waals surface area contributed by atoms with Gasteiger partial charge in [0, 0.05) is 11.8 Å². The van der Waals surface area contributed by atoms with Gasteiger partial charge in [-0.25, -0.2) is 4.79 Å². The van der Waals surface area contributed by atoms with Gasteiger partial charge >= 0.3 is 5.69 Å². The molecular formula is C21H17N7O3. The number of hydrogen-bond acceptors (Lipinski definition) is 9. The van der Waals surface area contributed by atoms with Crippen LogP contribution in [0.5, 0.6) is 11.5 Å². The predicted octanol–water partition coefficient (Wildman–Crippen LogP) is 4.48. The van der Waals surface area contributed by atoms with Crippen molar-refractivity contribution in [3.05, 3.63) is 83.3 Å². The Labute approximate surface area is 176 Å². The standard InChI is InChI=1S/C21H17N7O3/c29-16-10-11-18(30)17(12-16)23-20-24-19(25-21(31)26-20)22-13-6-8-15(9-7-13)28-27-14-4-2-1-3-5-14/h1-12,29-30H,(H3,22,23,24,25,26,31). The zero-order valence-corrected chi connectivity index (χ0v) is 16.0. The van der Waals surface area contributed by atoms with Gasteiger partial charge in [-0.15, -0.1) is 0 Å². The quantitative estimate of drug-likeness (QED) is 0.177. The maximum absolute atomic E-state index is 11.9. The van der Waals surface area contributed by atoms with Crippen molar-refractivity contribution in [2.24, 2.45) is 10.2 Å². The molecule has 1 aromatic heterocycles. The summed E-state index contributed by atoms with van der Waals surface area (Å²) in [6, 6.07) is 20.3. The van der Waals surface area contributed by atoms with Gasteiger partial charge in [0.05, 0.1) is 17.1 Å². The Morgan fingerprint density at radius 1 is 0.806 bits per heavy atom. The third-order valence-electron chi connectivity index (χ3n) is 4.04. The van der Waals surface area contributed by atoms with E-state index in [9.17, 15) is 15.0 Å². The molecule has 0 fully saturated rings. The van der Waals surface area contributed by atoms with E-state index in [1.807, 2.05) is 30.3 Å². The minimum Gasteiger partial charge on any atom is -0.508 e. The molecule has 0 radical (unpaired) electrons. The van der Waals surface area contributed by atoms with Crippen LogP contribution in [0.3, 0.4) is 0 Å². The van der Waals surface area contributed by atoms with Crippen LogP contribution in [-0.2, 0) is 0 Å². The number of benzene rings is 3. The molecule has 31 heavy (non-hydrogen) atoms. The first-order valence-corrected chi connectivity index (χ1v) is 9.16. The monoisotopic (exact) mass is 415 g/mol. The molecule has 4 aromatic rings. The Kier molecular flexibility index (Phi) is 5.52. The van der Waals surface area contributed by atoms with E-state index in [1.165, 1.54) is 18.2 Å². The average Bonchev–Trinajstić information content (AvgIpc) is 2.76. The van der Waals surface area contributed by atoms with Crippen molar-refractivity contribution in [2.45, 2.75) is 0 Å². The number of aromatic hydroxyl groups is 2. The highest BCUT2D eigenvalue weighted by Crippen LogP contribution is 2.29. The summed E-state index contributed by atoms with van der Waals surface area (Å²) in [7, 11) is 0. The summed E-state index contributed by atoms with van der Waals surface area (Å²) in [4.78, 5) is 22.3. The van der Waals surface area contributed by atoms with E-state index < -0.39 is 5.69 Å². The fourth-order valence-corrected chi connectivity index (χ4v) is 2.60. The fraction of sp³-hybridized carbons (Fsp3) is 0. The lowest BCUT2D eigenvalue weighted by atomic mass is 10.3. The number of hydrogen-bond donors (Lipinski definition) is 5. The Morgan fingerprint density at radius 3 is 2.26 bits per heavy atom. The summed E-state index contributed by atoms with van der Waals surface area (Å²) < 4.78 is 0. The second-order valence-corrected chi connectivity index (χ2v) is 6.36. The second kappa shape index (κ2) is 8.74. The molecule has 0 saturated carbocycles. The summed E-state index contributed by atoms with van der Waals surface area (Å²) in [6.07, 6.45) is 0. The highest BCUT2D eigenvalue weighted by molar-refractivity contribution is 5.65. The van der Waals surface area contributed by atoms with Crippen molar-refractivity contribution in [1.29, 1.82) is 0 Å². The molecule has 0 atom stereocenters. The number of nitrogens with zero attached hydrogens (tertiary/aromatic N) is 4. The van der Waals surface area contributed by atoms with Crippen molar-refractivity contribution in [1.82, 2.24) is 15.0 Å². The maximum Gasteiger partial charge on any atom is 0.351 e. The number of phenols is 2. The summed E-state index contributed by atoms with van der Waals surface area (Å²) >= 11 is 0. The van der Waals surface area contributed by atoms with Crippen LogP contribution < -0.4 is 16.3 Å². The van der Waals surface area contributed by atoms with E-state index in [1.54, 1.807) is 24.3 Å². The van der Waals surface area contributed by atoms with Crippen LogP contribution >= 0.6 is 0 Å². The van der Waals surface area contributed by atoms with Gasteiger partial charge in [-0.2, -0.15) is 20.2 Å². The summed E-state index contributed by atoms with van der Waals surface area (Å²) in [5, 5.41) is 33.4. The lowest BCUT2D eigenvalue weighted by molar-refractivity contribution is 0.462. The third kappa shape index (κ3) is 5.21. The second-order valence-electron chi connectivity index (χ2n) is 6.36. The van der Waals surface area contributed by atoms with Gasteiger partial charge in [-0.3, -0.25) is 4.98 Å². The molecule has 5 N–H and O–H groups in total. The predicted molar refractivity (Wildman–Crippen MR) is 116 cm³/mol. The maximum atomic E-state index is 11.9. The van der Waals surface area contributed by atoms with E-state index in [-0.39, 0.29) is 29.1 Å². The average molecular weight is 415 g/mol. The van der Waals surface area contributed by atoms with Gasteiger partial charge < -0.3 is 20.8 Å². The van der Waals surface area contributed by atoms with Gasteiger partial charge in [0.15, 0.2) is 0 Å². The smallest absolute Gasteiger partial charge is 0.351 e. The summed E-state index contributed by atoms with van der Waals surface area (Å²) in [6.45, 7) is 0. The number of phenolic OH excluding ortho intramolecular Hbond substituents is 2. The number of nitrogens with one attached hydrogen (secondary N) is 3. The summed E-state index contributed by atoms with van der Waals surface area (Å²) in [5.41, 5.74) is 1.57. The van der Waals surface area contributed by atoms with Crippen LogP contribution in [0, 0.1) is 0 Å². The van der Waals surface area contributed by atoms with Crippen LogP contribution in [0.15, 0.2) is 87.8 Å². The summed E-state index contributed by atoms with van der Waals surface area (Å²) in [5.74, 6) is -0.106. The molecule has 4 rings (SSSR count). The van der Waals surface area contributed by atoms with Crippen LogP contribution in [0.4, 0.5) is 34.6 Å². The first-order chi connectivity index (χ1) is 15.0. The lowest BCUT2D eigenvalue weighted by Gasteiger charge is -2.09. The third-order valence-corrected chi connectivity index (χ3v) is 4.04. The van der Waals surface area contributed by atoms with Crippen molar-refractivity contribution < 1.29 is 10.2 Å². The number of rotatable bonds is 6. The Bertz CT molecular complexity index is 1270. The molecule has 10 nitrogen and oxygen atoms in total. The topological polar surface area (TPSA) is 148 Å². The van der Waals surface area contributed by atoms with Crippen LogP contribution in [0.25, 0.3) is 0 Å². The van der Waals surface area contributed by atoms with Crippen molar-refractivity contribution in [2.75, 3.05) is 10.6 Å². The first-order valence-electron chi connectivity index (χ1n) is 9.16. The molecule has 154 valence electrons. The number of H-pyrrole nitrogens is 1. The van der Waals surface area contributed by atoms with E-state index >= 15 is 0 Å². The zero-order chi connectivity index (χ0) is 21.6. The largest absolute Gasteiger partial charge is 0.508 e. The highest BCUT2D eigenvalue weighted by Gasteiger charge is 2.08. The molecule has 0 bridgehead atoms. The molecule has 0 amide bonds. The molecule has 10 heteroatoms. The van der Waals surface area contributed by atoms with E-state index in [2.05, 4.69) is 35.8 Å². The Balaban J connectivity index is 1.48. The first kappa shape index (κ1) is 19.6. The molecule has 3 aromatic carbocycles. The molecule has 0 aliphatic rings. The van der Waals surface area contributed by atoms with E-state index in [0.717, 1.165) is 5.69 Å². The fourth-order valence-electron chi connectivity index (χ4n) is 2.60. The SMILES string of the molecule is O=c1nc(Nc2cc(O)ccc2O)nc(Nc2ccc(N=Nc3ccccc3)cc2)[nH]1. The Hall–Kier alpha value is -4.73. The van der Waals surface area contributed by atoms with Gasteiger partial charge in [0.25, 0.3) is 0 Å². The van der Waals surface area contributed by atoms with Crippen molar-refractivity contribution in [3.63, 3.8) is 0 Å². The molecule has 0 saturated heterocycles. The van der Waals surface area contributed by atoms with Gasteiger partial charge in [0.2, 0.25) is 11.9 Å². The molecule has 0 spiro atoms. The zero-order valence-electron chi connectivity index (χ0n) is 16.0. The number of azo groups is 1. The normalized spacial score (nSPS) is 10.8. The van der Waals surface area contributed by atoms with Gasteiger partial charge in [-0.1, -0.05) is 18.2 Å². The number of anilines is 4.